The van der Waals surface area contributed by atoms with Crippen LogP contribution in [0.2, 0.25) is 0 Å². The monoisotopic (exact) mass is 217 g/mol. The van der Waals surface area contributed by atoms with E-state index in [0.29, 0.717) is 0 Å². The molecule has 0 heterocycles. The molecule has 1 aromatic carbocycles. The van der Waals surface area contributed by atoms with Crippen LogP contribution in [0.5, 0.6) is 0 Å². The van der Waals surface area contributed by atoms with Gasteiger partial charge in [0.05, 0.1) is 6.57 Å². The molecule has 0 unspecified atom stereocenters. The van der Waals surface area contributed by atoms with Crippen LogP contribution in [0.1, 0.15) is 0 Å². The van der Waals surface area contributed by atoms with Gasteiger partial charge in [-0.3, -0.25) is 0 Å². The Labute approximate surface area is 70.6 Å². The van der Waals surface area contributed by atoms with Gasteiger partial charge < -0.3 is 0 Å². The van der Waals surface area contributed by atoms with Gasteiger partial charge in [-0.2, -0.15) is 0 Å². The van der Waals surface area contributed by atoms with Gasteiger partial charge in [-0.25, -0.2) is 13.6 Å². The van der Waals surface area contributed by atoms with E-state index < -0.39 is 17.3 Å². The zero-order valence-electron chi connectivity index (χ0n) is 5.24. The molecule has 0 aromatic heterocycles. The molecule has 0 N–H and O–H groups in total. The van der Waals surface area contributed by atoms with Crippen molar-refractivity contribution >= 4 is 21.6 Å². The third kappa shape index (κ3) is 1.38. The summed E-state index contributed by atoms with van der Waals surface area (Å²) in [4.78, 5) is 2.70. The molecule has 1 rings (SSSR count). The third-order valence-electron chi connectivity index (χ3n) is 1.13. The fraction of sp³-hybridized carbons (Fsp3) is 0. The minimum absolute atomic E-state index is 0.102. The number of benzene rings is 1. The summed E-state index contributed by atoms with van der Waals surface area (Å²) in [5, 5.41) is 0. The maximum Gasteiger partial charge on any atom is 0.257 e. The topological polar surface area (TPSA) is 4.36 Å². The molecule has 0 fully saturated rings. The quantitative estimate of drug-likeness (QED) is 0.464. The lowest BCUT2D eigenvalue weighted by Crippen LogP contribution is -1.81. The standard InChI is InChI=1S/C7H2BrF2N/c1-11-7-5(9)3-2-4(8)6(7)10/h2-3H. The highest BCUT2D eigenvalue weighted by atomic mass is 79.9. The fourth-order valence-electron chi connectivity index (χ4n) is 0.619. The highest BCUT2D eigenvalue weighted by molar-refractivity contribution is 9.10. The van der Waals surface area contributed by atoms with E-state index in [9.17, 15) is 8.78 Å². The minimum Gasteiger partial charge on any atom is -0.232 e. The highest BCUT2D eigenvalue weighted by Gasteiger charge is 2.10. The van der Waals surface area contributed by atoms with E-state index in [2.05, 4.69) is 20.8 Å². The lowest BCUT2D eigenvalue weighted by atomic mass is 10.3. The van der Waals surface area contributed by atoms with Crippen LogP contribution in [-0.4, -0.2) is 0 Å². The van der Waals surface area contributed by atoms with Gasteiger partial charge in [0.2, 0.25) is 0 Å². The largest absolute Gasteiger partial charge is 0.257 e. The maximum atomic E-state index is 12.8. The molecule has 0 saturated heterocycles. The van der Waals surface area contributed by atoms with Crippen LogP contribution in [0.3, 0.4) is 0 Å². The molecular weight excluding hydrogens is 216 g/mol. The van der Waals surface area contributed by atoms with E-state index in [1.807, 2.05) is 0 Å². The summed E-state index contributed by atoms with van der Waals surface area (Å²) in [6.07, 6.45) is 0. The zero-order chi connectivity index (χ0) is 8.43. The smallest absolute Gasteiger partial charge is 0.232 e. The van der Waals surface area contributed by atoms with E-state index in [-0.39, 0.29) is 4.47 Å². The lowest BCUT2D eigenvalue weighted by Gasteiger charge is -1.96. The molecule has 0 saturated carbocycles. The molecule has 4 heteroatoms. The number of nitrogens with zero attached hydrogens (tertiary/aromatic N) is 1. The van der Waals surface area contributed by atoms with Crippen LogP contribution in [0.15, 0.2) is 16.6 Å². The fourth-order valence-corrected chi connectivity index (χ4v) is 0.939. The summed E-state index contributed by atoms with van der Waals surface area (Å²) < 4.78 is 25.4. The average molecular weight is 218 g/mol. The van der Waals surface area contributed by atoms with Crippen molar-refractivity contribution in [1.29, 1.82) is 0 Å². The van der Waals surface area contributed by atoms with Crippen LogP contribution in [-0.2, 0) is 0 Å². The van der Waals surface area contributed by atoms with Gasteiger partial charge in [-0.15, -0.1) is 0 Å². The first-order chi connectivity index (χ1) is 5.16. The molecule has 0 spiro atoms. The Balaban J connectivity index is 3.44. The Morgan fingerprint density at radius 3 is 2.45 bits per heavy atom. The molecule has 0 radical (unpaired) electrons. The van der Waals surface area contributed by atoms with E-state index in [0.717, 1.165) is 6.07 Å². The van der Waals surface area contributed by atoms with Gasteiger partial charge in [0.25, 0.3) is 5.69 Å². The first kappa shape index (κ1) is 8.15. The van der Waals surface area contributed by atoms with Crippen molar-refractivity contribution < 1.29 is 8.78 Å². The molecule has 56 valence electrons. The van der Waals surface area contributed by atoms with E-state index in [4.69, 9.17) is 6.57 Å². The molecule has 0 aliphatic rings. The number of halogens is 3. The van der Waals surface area contributed by atoms with Gasteiger partial charge in [-0.1, -0.05) is 0 Å². The van der Waals surface area contributed by atoms with Crippen molar-refractivity contribution in [3.05, 3.63) is 39.7 Å². The molecule has 0 atom stereocenters. The van der Waals surface area contributed by atoms with Gasteiger partial charge in [0, 0.05) is 4.47 Å². The Morgan fingerprint density at radius 2 is 2.00 bits per heavy atom. The second kappa shape index (κ2) is 2.97. The number of hydrogen-bond acceptors (Lipinski definition) is 0. The molecule has 0 amide bonds. The zero-order valence-corrected chi connectivity index (χ0v) is 6.82. The Bertz CT molecular complexity index is 330. The Hall–Kier alpha value is -0.950. The predicted molar refractivity (Wildman–Crippen MR) is 40.3 cm³/mol. The summed E-state index contributed by atoms with van der Waals surface area (Å²) >= 11 is 2.84. The van der Waals surface area contributed by atoms with Crippen molar-refractivity contribution in [1.82, 2.24) is 0 Å². The molecule has 0 aliphatic heterocycles. The molecule has 11 heavy (non-hydrogen) atoms. The molecule has 0 bridgehead atoms. The molecular formula is C7H2BrF2N. The van der Waals surface area contributed by atoms with E-state index >= 15 is 0 Å². The number of rotatable bonds is 0. The SMILES string of the molecule is [C-]#[N+]c1c(F)ccc(Br)c1F. The summed E-state index contributed by atoms with van der Waals surface area (Å²) in [7, 11) is 0. The van der Waals surface area contributed by atoms with Crippen LogP contribution >= 0.6 is 15.9 Å². The van der Waals surface area contributed by atoms with Gasteiger partial charge in [-0.05, 0) is 28.1 Å². The van der Waals surface area contributed by atoms with Crippen LogP contribution in [0.25, 0.3) is 4.85 Å². The second-order valence-corrected chi connectivity index (χ2v) is 2.66. The Morgan fingerprint density at radius 1 is 1.36 bits per heavy atom. The summed E-state index contributed by atoms with van der Waals surface area (Å²) in [6.45, 7) is 6.45. The highest BCUT2D eigenvalue weighted by Crippen LogP contribution is 2.27. The number of hydrogen-bond donors (Lipinski definition) is 0. The summed E-state index contributed by atoms with van der Waals surface area (Å²) in [6, 6.07) is 2.26. The minimum atomic E-state index is -0.847. The van der Waals surface area contributed by atoms with Gasteiger partial charge in [0.1, 0.15) is 11.6 Å². The van der Waals surface area contributed by atoms with Crippen LogP contribution in [0.4, 0.5) is 14.5 Å². The molecule has 0 aliphatic carbocycles. The first-order valence-electron chi connectivity index (χ1n) is 2.67. The Kier molecular flexibility index (Phi) is 2.20. The third-order valence-corrected chi connectivity index (χ3v) is 1.74. The van der Waals surface area contributed by atoms with Crippen LogP contribution < -0.4 is 0 Å². The summed E-state index contributed by atoms with van der Waals surface area (Å²) in [5.41, 5.74) is -0.570. The summed E-state index contributed by atoms with van der Waals surface area (Å²) in [5.74, 6) is -1.68. The predicted octanol–water partition coefficient (Wildman–Crippen LogP) is 3.28. The van der Waals surface area contributed by atoms with Gasteiger partial charge >= 0.3 is 0 Å². The maximum absolute atomic E-state index is 12.8. The van der Waals surface area contributed by atoms with Crippen molar-refractivity contribution in [3.63, 3.8) is 0 Å². The normalized spacial score (nSPS) is 9.27. The average Bonchev–Trinajstić information content (AvgIpc) is 1.99. The first-order valence-corrected chi connectivity index (χ1v) is 3.47. The van der Waals surface area contributed by atoms with Crippen LogP contribution in [0, 0.1) is 18.2 Å². The van der Waals surface area contributed by atoms with E-state index in [1.165, 1.54) is 6.07 Å². The second-order valence-electron chi connectivity index (χ2n) is 1.80. The van der Waals surface area contributed by atoms with Crippen molar-refractivity contribution in [2.75, 3.05) is 0 Å². The van der Waals surface area contributed by atoms with Crippen molar-refractivity contribution in [2.45, 2.75) is 0 Å². The lowest BCUT2D eigenvalue weighted by molar-refractivity contribution is 0.589. The van der Waals surface area contributed by atoms with Gasteiger partial charge in [0.15, 0.2) is 0 Å². The molecule has 1 aromatic rings. The van der Waals surface area contributed by atoms with Crippen molar-refractivity contribution in [3.8, 4) is 0 Å². The van der Waals surface area contributed by atoms with Crippen molar-refractivity contribution in [2.24, 2.45) is 0 Å². The van der Waals surface area contributed by atoms with E-state index in [1.54, 1.807) is 0 Å². The molecule has 1 nitrogen and oxygen atoms in total.